The van der Waals surface area contributed by atoms with Gasteiger partial charge in [0.2, 0.25) is 0 Å². The van der Waals surface area contributed by atoms with E-state index in [2.05, 4.69) is 67.2 Å². The molecule has 1 aromatic rings. The summed E-state index contributed by atoms with van der Waals surface area (Å²) in [4.78, 5) is 0. The Labute approximate surface area is 152 Å². The predicted molar refractivity (Wildman–Crippen MR) is 107 cm³/mol. The lowest BCUT2D eigenvalue weighted by Gasteiger charge is -2.27. The smallest absolute Gasteiger partial charge is 0.0919 e. The Hall–Kier alpha value is -2.16. The van der Waals surface area contributed by atoms with Crippen molar-refractivity contribution in [2.75, 3.05) is 7.05 Å². The Kier molecular flexibility index (Phi) is 5.22. The van der Waals surface area contributed by atoms with E-state index in [1.165, 1.54) is 41.5 Å². The zero-order valence-corrected chi connectivity index (χ0v) is 15.8. The van der Waals surface area contributed by atoms with Crippen molar-refractivity contribution in [1.29, 1.82) is 0 Å². The lowest BCUT2D eigenvalue weighted by atomic mass is 10.00. The standard InChI is InChI=1S/C22H31N3/c1-14-19-10-7-6-9-18(19)13-21(14)16(3)24-17(4)25-22-12-8-11-20(22)15(2)23-5/h6-7,9-10,16,20,22-25H,2,4,8,11-13H2,1,3,5H3. The highest BCUT2D eigenvalue weighted by molar-refractivity contribution is 5.75. The molecule has 0 heterocycles. The molecule has 3 atom stereocenters. The van der Waals surface area contributed by atoms with Crippen LogP contribution in [0.3, 0.4) is 0 Å². The van der Waals surface area contributed by atoms with Crippen LogP contribution in [-0.2, 0) is 6.42 Å². The van der Waals surface area contributed by atoms with E-state index in [0.29, 0.717) is 12.0 Å². The fourth-order valence-corrected chi connectivity index (χ4v) is 4.38. The van der Waals surface area contributed by atoms with E-state index < -0.39 is 0 Å². The highest BCUT2D eigenvalue weighted by atomic mass is 15.1. The van der Waals surface area contributed by atoms with Crippen LogP contribution < -0.4 is 16.0 Å². The summed E-state index contributed by atoms with van der Waals surface area (Å²) in [7, 11) is 1.96. The number of benzene rings is 1. The SMILES string of the molecule is C=C(NC(C)C1=C(C)c2ccccc2C1)NC1CCCC1C(=C)NC. The van der Waals surface area contributed by atoms with Crippen LogP contribution in [0, 0.1) is 5.92 Å². The van der Waals surface area contributed by atoms with Crippen molar-refractivity contribution in [3.63, 3.8) is 0 Å². The monoisotopic (exact) mass is 337 g/mol. The summed E-state index contributed by atoms with van der Waals surface area (Å²) >= 11 is 0. The largest absolute Gasteiger partial charge is 0.392 e. The van der Waals surface area contributed by atoms with Crippen molar-refractivity contribution in [3.8, 4) is 0 Å². The average Bonchev–Trinajstić information content (AvgIpc) is 3.19. The van der Waals surface area contributed by atoms with Crippen molar-refractivity contribution < 1.29 is 0 Å². The zero-order valence-electron chi connectivity index (χ0n) is 15.8. The molecule has 0 saturated heterocycles. The van der Waals surface area contributed by atoms with Crippen molar-refractivity contribution in [2.24, 2.45) is 5.92 Å². The average molecular weight is 338 g/mol. The molecule has 0 bridgehead atoms. The molecule has 0 aromatic heterocycles. The second-order valence-electron chi connectivity index (χ2n) is 7.39. The second kappa shape index (κ2) is 7.38. The van der Waals surface area contributed by atoms with E-state index >= 15 is 0 Å². The highest BCUT2D eigenvalue weighted by Gasteiger charge is 2.29. The fraction of sp³-hybridized carbons (Fsp3) is 0.455. The van der Waals surface area contributed by atoms with E-state index in [0.717, 1.165) is 17.9 Å². The summed E-state index contributed by atoms with van der Waals surface area (Å²) in [6, 6.07) is 9.41. The fourth-order valence-electron chi connectivity index (χ4n) is 4.38. The number of hydrogen-bond donors (Lipinski definition) is 3. The summed E-state index contributed by atoms with van der Waals surface area (Å²) in [5.41, 5.74) is 6.83. The predicted octanol–water partition coefficient (Wildman–Crippen LogP) is 3.96. The van der Waals surface area contributed by atoms with Crippen molar-refractivity contribution >= 4 is 5.57 Å². The van der Waals surface area contributed by atoms with Crippen molar-refractivity contribution in [3.05, 3.63) is 65.6 Å². The molecular formula is C22H31N3. The van der Waals surface area contributed by atoms with Gasteiger partial charge in [0.25, 0.3) is 0 Å². The van der Waals surface area contributed by atoms with Crippen LogP contribution in [0.25, 0.3) is 5.57 Å². The first-order chi connectivity index (χ1) is 12.0. The van der Waals surface area contributed by atoms with Gasteiger partial charge in [-0.15, -0.1) is 0 Å². The minimum atomic E-state index is 0.278. The first-order valence-corrected chi connectivity index (χ1v) is 9.37. The van der Waals surface area contributed by atoms with Gasteiger partial charge in [-0.2, -0.15) is 0 Å². The first-order valence-electron chi connectivity index (χ1n) is 9.37. The lowest BCUT2D eigenvalue weighted by molar-refractivity contribution is 0.446. The second-order valence-corrected chi connectivity index (χ2v) is 7.39. The molecule has 1 aromatic carbocycles. The molecular weight excluding hydrogens is 306 g/mol. The third kappa shape index (κ3) is 3.60. The Balaban J connectivity index is 1.60. The van der Waals surface area contributed by atoms with Gasteiger partial charge in [0.1, 0.15) is 0 Å². The molecule has 25 heavy (non-hydrogen) atoms. The van der Waals surface area contributed by atoms with E-state index in [4.69, 9.17) is 0 Å². The molecule has 1 saturated carbocycles. The summed E-state index contributed by atoms with van der Waals surface area (Å²) in [5.74, 6) is 1.40. The minimum absolute atomic E-state index is 0.278. The Morgan fingerprint density at radius 3 is 2.68 bits per heavy atom. The van der Waals surface area contributed by atoms with Gasteiger partial charge in [0, 0.05) is 30.7 Å². The molecule has 3 unspecified atom stereocenters. The van der Waals surface area contributed by atoms with Crippen LogP contribution in [0.5, 0.6) is 0 Å². The highest BCUT2D eigenvalue weighted by Crippen LogP contribution is 2.34. The summed E-state index contributed by atoms with van der Waals surface area (Å²) in [6.45, 7) is 12.9. The van der Waals surface area contributed by atoms with Gasteiger partial charge in [-0.3, -0.25) is 0 Å². The molecule has 3 rings (SSSR count). The van der Waals surface area contributed by atoms with Gasteiger partial charge in [0.05, 0.1) is 5.82 Å². The molecule has 0 spiro atoms. The van der Waals surface area contributed by atoms with Crippen molar-refractivity contribution in [1.82, 2.24) is 16.0 Å². The maximum Gasteiger partial charge on any atom is 0.0919 e. The summed E-state index contributed by atoms with van der Waals surface area (Å²) in [6.07, 6.45) is 4.64. The van der Waals surface area contributed by atoms with E-state index in [-0.39, 0.29) is 6.04 Å². The Morgan fingerprint density at radius 2 is 1.96 bits per heavy atom. The minimum Gasteiger partial charge on any atom is -0.392 e. The number of rotatable bonds is 7. The Bertz CT molecular complexity index is 701. The van der Waals surface area contributed by atoms with Gasteiger partial charge in [0.15, 0.2) is 0 Å². The maximum atomic E-state index is 4.23. The van der Waals surface area contributed by atoms with Crippen LogP contribution in [-0.4, -0.2) is 19.1 Å². The Morgan fingerprint density at radius 1 is 1.20 bits per heavy atom. The molecule has 2 aliphatic carbocycles. The quantitative estimate of drug-likeness (QED) is 0.705. The molecule has 2 aliphatic rings. The zero-order chi connectivity index (χ0) is 18.0. The number of hydrogen-bond acceptors (Lipinski definition) is 3. The van der Waals surface area contributed by atoms with E-state index in [9.17, 15) is 0 Å². The molecule has 1 fully saturated rings. The van der Waals surface area contributed by atoms with Crippen LogP contribution in [0.1, 0.15) is 44.2 Å². The number of allylic oxidation sites excluding steroid dienone is 1. The van der Waals surface area contributed by atoms with Gasteiger partial charge in [-0.25, -0.2) is 0 Å². The lowest BCUT2D eigenvalue weighted by Crippen LogP contribution is -2.41. The molecule has 3 heteroatoms. The van der Waals surface area contributed by atoms with Gasteiger partial charge >= 0.3 is 0 Å². The summed E-state index contributed by atoms with van der Waals surface area (Å²) in [5, 5.41) is 10.4. The third-order valence-electron chi connectivity index (χ3n) is 5.84. The third-order valence-corrected chi connectivity index (χ3v) is 5.84. The van der Waals surface area contributed by atoms with Gasteiger partial charge in [-0.1, -0.05) is 43.8 Å². The normalized spacial score (nSPS) is 23.2. The van der Waals surface area contributed by atoms with Gasteiger partial charge in [-0.05, 0) is 55.4 Å². The molecule has 134 valence electrons. The van der Waals surface area contributed by atoms with Crippen LogP contribution >= 0.6 is 0 Å². The van der Waals surface area contributed by atoms with Crippen molar-refractivity contribution in [2.45, 2.75) is 51.6 Å². The van der Waals surface area contributed by atoms with Crippen LogP contribution in [0.2, 0.25) is 0 Å². The maximum absolute atomic E-state index is 4.23. The molecule has 0 amide bonds. The molecule has 0 aliphatic heterocycles. The van der Waals surface area contributed by atoms with Gasteiger partial charge < -0.3 is 16.0 Å². The first kappa shape index (κ1) is 17.7. The summed E-state index contributed by atoms with van der Waals surface area (Å²) < 4.78 is 0. The van der Waals surface area contributed by atoms with Crippen LogP contribution in [0.4, 0.5) is 0 Å². The molecule has 3 N–H and O–H groups in total. The topological polar surface area (TPSA) is 36.1 Å². The molecule has 3 nitrogen and oxygen atoms in total. The van der Waals surface area contributed by atoms with E-state index in [1.54, 1.807) is 0 Å². The van der Waals surface area contributed by atoms with E-state index in [1.807, 2.05) is 7.05 Å². The number of fused-ring (bicyclic) bond motifs is 1. The van der Waals surface area contributed by atoms with Crippen LogP contribution in [0.15, 0.2) is 54.5 Å². The molecule has 0 radical (unpaired) electrons. The number of nitrogens with one attached hydrogen (secondary N) is 3.